The fourth-order valence-corrected chi connectivity index (χ4v) is 2.26. The molecule has 1 saturated carbocycles. The van der Waals surface area contributed by atoms with Gasteiger partial charge >= 0.3 is 0 Å². The number of carbonyl (C=O) groups is 2. The number of carbonyl (C=O) groups excluding carboxylic acids is 2. The first kappa shape index (κ1) is 9.65. The van der Waals surface area contributed by atoms with Crippen LogP contribution < -0.4 is 5.32 Å². The summed E-state index contributed by atoms with van der Waals surface area (Å²) in [6, 6.07) is 0. The molecule has 0 aromatic rings. The van der Waals surface area contributed by atoms with Crippen molar-refractivity contribution in [1.82, 2.24) is 5.32 Å². The van der Waals surface area contributed by atoms with Crippen molar-refractivity contribution < 1.29 is 14.3 Å². The Bertz CT molecular complexity index is 258. The Balaban J connectivity index is 1.82. The molecule has 4 heteroatoms. The predicted octanol–water partition coefficient (Wildman–Crippen LogP) is 0.464. The van der Waals surface area contributed by atoms with E-state index in [4.69, 9.17) is 4.74 Å². The molecule has 0 spiro atoms. The molecule has 2 fully saturated rings. The van der Waals surface area contributed by atoms with Gasteiger partial charge in [-0.15, -0.1) is 0 Å². The summed E-state index contributed by atoms with van der Waals surface area (Å²) in [4.78, 5) is 22.3. The Morgan fingerprint density at radius 2 is 2.14 bits per heavy atom. The molecule has 1 atom stereocenters. The minimum Gasteiger partial charge on any atom is -0.378 e. The highest BCUT2D eigenvalue weighted by molar-refractivity contribution is 6.03. The minimum absolute atomic E-state index is 0.0841. The molecule has 0 bridgehead atoms. The summed E-state index contributed by atoms with van der Waals surface area (Å²) in [6.45, 7) is 2.70. The Kier molecular flexibility index (Phi) is 2.54. The molecule has 1 heterocycles. The van der Waals surface area contributed by atoms with E-state index in [-0.39, 0.29) is 17.7 Å². The predicted molar refractivity (Wildman–Crippen MR) is 49.4 cm³/mol. The second kappa shape index (κ2) is 3.69. The molecule has 1 saturated heterocycles. The highest BCUT2D eigenvalue weighted by Gasteiger charge is 2.43. The lowest BCUT2D eigenvalue weighted by Crippen LogP contribution is -2.38. The van der Waals surface area contributed by atoms with E-state index in [0.29, 0.717) is 18.4 Å². The van der Waals surface area contributed by atoms with E-state index in [2.05, 4.69) is 5.32 Å². The van der Waals surface area contributed by atoms with Crippen molar-refractivity contribution in [3.05, 3.63) is 0 Å². The standard InChI is InChI=1S/C10H15NO3/c1-2-14-7-3-6(4-7)8-5-9(12)11-10(8)13/h6-8H,2-5H2,1H3,(H,11,12,13). The van der Waals surface area contributed by atoms with Crippen LogP contribution in [-0.2, 0) is 14.3 Å². The Labute approximate surface area is 83.0 Å². The summed E-state index contributed by atoms with van der Waals surface area (Å²) in [5.74, 6) is 0.0621. The van der Waals surface area contributed by atoms with Gasteiger partial charge in [0.05, 0.1) is 12.0 Å². The van der Waals surface area contributed by atoms with Gasteiger partial charge in [0.2, 0.25) is 11.8 Å². The molecule has 1 unspecified atom stereocenters. The van der Waals surface area contributed by atoms with Crippen molar-refractivity contribution >= 4 is 11.8 Å². The lowest BCUT2D eigenvalue weighted by molar-refractivity contribution is -0.128. The van der Waals surface area contributed by atoms with Crippen LogP contribution in [0.5, 0.6) is 0 Å². The van der Waals surface area contributed by atoms with Crippen LogP contribution in [0.25, 0.3) is 0 Å². The van der Waals surface area contributed by atoms with Gasteiger partial charge in [0, 0.05) is 13.0 Å². The first-order chi connectivity index (χ1) is 6.70. The average molecular weight is 197 g/mol. The van der Waals surface area contributed by atoms with E-state index in [1.165, 1.54) is 0 Å². The quantitative estimate of drug-likeness (QED) is 0.669. The molecule has 2 rings (SSSR count). The highest BCUT2D eigenvalue weighted by atomic mass is 16.5. The number of rotatable bonds is 3. The van der Waals surface area contributed by atoms with Gasteiger partial charge in [-0.25, -0.2) is 0 Å². The van der Waals surface area contributed by atoms with Crippen molar-refractivity contribution in [3.63, 3.8) is 0 Å². The summed E-state index contributed by atoms with van der Waals surface area (Å²) >= 11 is 0. The average Bonchev–Trinajstić information content (AvgIpc) is 2.37. The summed E-state index contributed by atoms with van der Waals surface area (Å²) < 4.78 is 5.41. The number of hydrogen-bond acceptors (Lipinski definition) is 3. The maximum atomic E-state index is 11.3. The lowest BCUT2D eigenvalue weighted by Gasteiger charge is -2.37. The Morgan fingerprint density at radius 1 is 1.43 bits per heavy atom. The van der Waals surface area contributed by atoms with Crippen molar-refractivity contribution in [2.75, 3.05) is 6.61 Å². The van der Waals surface area contributed by atoms with Crippen molar-refractivity contribution in [2.24, 2.45) is 11.8 Å². The number of ether oxygens (including phenoxy) is 1. The fourth-order valence-electron chi connectivity index (χ4n) is 2.26. The summed E-state index contributed by atoms with van der Waals surface area (Å²) in [5.41, 5.74) is 0. The van der Waals surface area contributed by atoms with Crippen LogP contribution in [-0.4, -0.2) is 24.5 Å². The lowest BCUT2D eigenvalue weighted by atomic mass is 9.73. The maximum Gasteiger partial charge on any atom is 0.230 e. The van der Waals surface area contributed by atoms with Crippen LogP contribution in [0.4, 0.5) is 0 Å². The van der Waals surface area contributed by atoms with Gasteiger partial charge in [-0.3, -0.25) is 14.9 Å². The minimum atomic E-state index is -0.125. The third kappa shape index (κ3) is 1.66. The van der Waals surface area contributed by atoms with Crippen molar-refractivity contribution in [3.8, 4) is 0 Å². The summed E-state index contributed by atoms with van der Waals surface area (Å²) in [6.07, 6.45) is 2.55. The van der Waals surface area contributed by atoms with Crippen LogP contribution in [0.1, 0.15) is 26.2 Å². The van der Waals surface area contributed by atoms with Crippen LogP contribution in [0.2, 0.25) is 0 Å². The fraction of sp³-hybridized carbons (Fsp3) is 0.800. The zero-order chi connectivity index (χ0) is 10.1. The molecule has 0 radical (unpaired) electrons. The molecule has 1 aliphatic carbocycles. The van der Waals surface area contributed by atoms with Gasteiger partial charge in [-0.1, -0.05) is 0 Å². The number of imide groups is 1. The second-order valence-corrected chi connectivity index (χ2v) is 4.03. The molecule has 1 aliphatic heterocycles. The van der Waals surface area contributed by atoms with Crippen molar-refractivity contribution in [1.29, 1.82) is 0 Å². The molecule has 4 nitrogen and oxygen atoms in total. The van der Waals surface area contributed by atoms with Crippen LogP contribution in [0, 0.1) is 11.8 Å². The monoisotopic (exact) mass is 197 g/mol. The highest BCUT2D eigenvalue weighted by Crippen LogP contribution is 2.38. The van der Waals surface area contributed by atoms with E-state index < -0.39 is 0 Å². The maximum absolute atomic E-state index is 11.3. The first-order valence-electron chi connectivity index (χ1n) is 5.16. The molecule has 0 aromatic carbocycles. The van der Waals surface area contributed by atoms with E-state index in [1.807, 2.05) is 6.92 Å². The summed E-state index contributed by atoms with van der Waals surface area (Å²) in [7, 11) is 0. The molecule has 1 N–H and O–H groups in total. The van der Waals surface area contributed by atoms with Gasteiger partial charge in [0.15, 0.2) is 0 Å². The second-order valence-electron chi connectivity index (χ2n) is 4.03. The van der Waals surface area contributed by atoms with Crippen LogP contribution in [0.3, 0.4) is 0 Å². The third-order valence-electron chi connectivity index (χ3n) is 3.11. The van der Waals surface area contributed by atoms with E-state index in [9.17, 15) is 9.59 Å². The number of amides is 2. The molecule has 2 amide bonds. The zero-order valence-corrected chi connectivity index (χ0v) is 8.29. The van der Waals surface area contributed by atoms with Gasteiger partial charge < -0.3 is 4.74 Å². The smallest absolute Gasteiger partial charge is 0.230 e. The van der Waals surface area contributed by atoms with E-state index in [0.717, 1.165) is 19.4 Å². The Morgan fingerprint density at radius 3 is 2.64 bits per heavy atom. The molecule has 78 valence electrons. The van der Waals surface area contributed by atoms with Crippen LogP contribution >= 0.6 is 0 Å². The van der Waals surface area contributed by atoms with E-state index >= 15 is 0 Å². The molecule has 2 aliphatic rings. The van der Waals surface area contributed by atoms with E-state index in [1.54, 1.807) is 0 Å². The van der Waals surface area contributed by atoms with Gasteiger partial charge in [0.1, 0.15) is 0 Å². The van der Waals surface area contributed by atoms with Crippen LogP contribution in [0.15, 0.2) is 0 Å². The first-order valence-corrected chi connectivity index (χ1v) is 5.16. The Hall–Kier alpha value is -0.900. The SMILES string of the molecule is CCOC1CC(C2CC(=O)NC2=O)C1. The number of hydrogen-bond donors (Lipinski definition) is 1. The molecular weight excluding hydrogens is 182 g/mol. The zero-order valence-electron chi connectivity index (χ0n) is 8.29. The van der Waals surface area contributed by atoms with Gasteiger partial charge in [0.25, 0.3) is 0 Å². The third-order valence-corrected chi connectivity index (χ3v) is 3.11. The normalized spacial score (nSPS) is 36.8. The van der Waals surface area contributed by atoms with Gasteiger partial charge in [-0.05, 0) is 25.7 Å². The molecular formula is C10H15NO3. The summed E-state index contributed by atoms with van der Waals surface area (Å²) in [5, 5.41) is 2.34. The van der Waals surface area contributed by atoms with Crippen molar-refractivity contribution in [2.45, 2.75) is 32.3 Å². The molecule has 14 heavy (non-hydrogen) atoms. The topological polar surface area (TPSA) is 55.4 Å². The number of nitrogens with one attached hydrogen (secondary N) is 1. The molecule has 0 aromatic heterocycles. The van der Waals surface area contributed by atoms with Gasteiger partial charge in [-0.2, -0.15) is 0 Å². The largest absolute Gasteiger partial charge is 0.378 e.